The first-order valence-electron chi connectivity index (χ1n) is 7.54. The van der Waals surface area contributed by atoms with Crippen LogP contribution in [-0.2, 0) is 11.2 Å². The molecule has 0 aliphatic carbocycles. The van der Waals surface area contributed by atoms with E-state index in [0.29, 0.717) is 25.1 Å². The van der Waals surface area contributed by atoms with Gasteiger partial charge in [-0.3, -0.25) is 14.6 Å². The summed E-state index contributed by atoms with van der Waals surface area (Å²) < 4.78 is 0. The number of nitrogens with one attached hydrogen (secondary N) is 3. The number of anilines is 1. The van der Waals surface area contributed by atoms with Crippen LogP contribution in [0.2, 0.25) is 0 Å². The molecule has 0 saturated carbocycles. The maximum atomic E-state index is 12.2. The van der Waals surface area contributed by atoms with Gasteiger partial charge in [-0.25, -0.2) is 0 Å². The SMILES string of the molecule is O=C1N[C@@H](C(=O)NCCNc2cccnc2)Cc2ccccc21. The molecule has 1 aliphatic heterocycles. The molecule has 118 valence electrons. The molecule has 2 amide bonds. The zero-order chi connectivity index (χ0) is 16.1. The summed E-state index contributed by atoms with van der Waals surface area (Å²) in [6.45, 7) is 1.07. The monoisotopic (exact) mass is 310 g/mol. The van der Waals surface area contributed by atoms with Crippen molar-refractivity contribution >= 4 is 17.5 Å². The molecular formula is C17H18N4O2. The number of fused-ring (bicyclic) bond motifs is 1. The molecule has 1 aliphatic rings. The molecule has 1 aromatic heterocycles. The first-order valence-corrected chi connectivity index (χ1v) is 7.54. The van der Waals surface area contributed by atoms with E-state index in [4.69, 9.17) is 0 Å². The van der Waals surface area contributed by atoms with Crippen LogP contribution >= 0.6 is 0 Å². The normalized spacial score (nSPS) is 16.2. The van der Waals surface area contributed by atoms with E-state index >= 15 is 0 Å². The standard InChI is InChI=1S/C17H18N4O2/c22-16-14-6-2-1-4-12(14)10-15(21-16)17(23)20-9-8-19-13-5-3-7-18-11-13/h1-7,11,15,19H,8-10H2,(H,20,23)(H,21,22)/t15-/m1/s1. The maximum absolute atomic E-state index is 12.2. The number of rotatable bonds is 5. The fourth-order valence-electron chi connectivity index (χ4n) is 2.57. The molecule has 3 rings (SSSR count). The minimum Gasteiger partial charge on any atom is -0.382 e. The maximum Gasteiger partial charge on any atom is 0.252 e. The quantitative estimate of drug-likeness (QED) is 0.719. The van der Waals surface area contributed by atoms with Gasteiger partial charge in [0.25, 0.3) is 5.91 Å². The minimum absolute atomic E-state index is 0.166. The highest BCUT2D eigenvalue weighted by molar-refractivity contribution is 6.00. The molecule has 0 fully saturated rings. The number of amides is 2. The number of nitrogens with zero attached hydrogens (tertiary/aromatic N) is 1. The highest BCUT2D eigenvalue weighted by Crippen LogP contribution is 2.16. The van der Waals surface area contributed by atoms with Crippen LogP contribution < -0.4 is 16.0 Å². The van der Waals surface area contributed by atoms with Gasteiger partial charge in [0, 0.05) is 37.5 Å². The Labute approximate surface area is 134 Å². The van der Waals surface area contributed by atoms with E-state index in [0.717, 1.165) is 11.3 Å². The van der Waals surface area contributed by atoms with Gasteiger partial charge in [0.15, 0.2) is 0 Å². The van der Waals surface area contributed by atoms with Gasteiger partial charge in [-0.2, -0.15) is 0 Å². The van der Waals surface area contributed by atoms with Crippen LogP contribution in [0.15, 0.2) is 48.8 Å². The minimum atomic E-state index is -0.518. The molecule has 2 heterocycles. The van der Waals surface area contributed by atoms with Crippen molar-refractivity contribution in [3.8, 4) is 0 Å². The van der Waals surface area contributed by atoms with Crippen molar-refractivity contribution in [2.75, 3.05) is 18.4 Å². The van der Waals surface area contributed by atoms with Crippen molar-refractivity contribution < 1.29 is 9.59 Å². The van der Waals surface area contributed by atoms with Gasteiger partial charge in [0.2, 0.25) is 5.91 Å². The van der Waals surface area contributed by atoms with Gasteiger partial charge in [-0.1, -0.05) is 18.2 Å². The number of hydrogen-bond acceptors (Lipinski definition) is 4. The summed E-state index contributed by atoms with van der Waals surface area (Å²) in [5.41, 5.74) is 2.46. The molecule has 2 aromatic rings. The Bertz CT molecular complexity index is 703. The third-order valence-electron chi connectivity index (χ3n) is 3.72. The van der Waals surface area contributed by atoms with E-state index in [1.807, 2.05) is 30.3 Å². The van der Waals surface area contributed by atoms with Crippen molar-refractivity contribution in [2.24, 2.45) is 0 Å². The molecule has 0 bridgehead atoms. The molecule has 23 heavy (non-hydrogen) atoms. The van der Waals surface area contributed by atoms with E-state index in [-0.39, 0.29) is 11.8 Å². The molecule has 0 saturated heterocycles. The second kappa shape index (κ2) is 6.91. The van der Waals surface area contributed by atoms with E-state index < -0.39 is 6.04 Å². The average molecular weight is 310 g/mol. The summed E-state index contributed by atoms with van der Waals surface area (Å²) >= 11 is 0. The van der Waals surface area contributed by atoms with Gasteiger partial charge in [-0.15, -0.1) is 0 Å². The smallest absolute Gasteiger partial charge is 0.252 e. The highest BCUT2D eigenvalue weighted by atomic mass is 16.2. The Morgan fingerprint density at radius 2 is 2.09 bits per heavy atom. The van der Waals surface area contributed by atoms with E-state index in [2.05, 4.69) is 20.9 Å². The summed E-state index contributed by atoms with van der Waals surface area (Å²) in [7, 11) is 0. The Morgan fingerprint density at radius 3 is 2.91 bits per heavy atom. The molecule has 1 aromatic carbocycles. The van der Waals surface area contributed by atoms with Crippen molar-refractivity contribution in [3.63, 3.8) is 0 Å². The summed E-state index contributed by atoms with van der Waals surface area (Å²) in [5.74, 6) is -0.360. The zero-order valence-electron chi connectivity index (χ0n) is 12.6. The van der Waals surface area contributed by atoms with Crippen molar-refractivity contribution in [3.05, 3.63) is 59.9 Å². The first kappa shape index (κ1) is 15.0. The van der Waals surface area contributed by atoms with Crippen molar-refractivity contribution in [1.82, 2.24) is 15.6 Å². The average Bonchev–Trinajstić information content (AvgIpc) is 2.59. The van der Waals surface area contributed by atoms with Gasteiger partial charge >= 0.3 is 0 Å². The van der Waals surface area contributed by atoms with Crippen LogP contribution in [0.25, 0.3) is 0 Å². The molecule has 6 heteroatoms. The Balaban J connectivity index is 1.49. The fraction of sp³-hybridized carbons (Fsp3) is 0.235. The van der Waals surface area contributed by atoms with Crippen LogP contribution in [0.1, 0.15) is 15.9 Å². The number of benzene rings is 1. The predicted molar refractivity (Wildman–Crippen MR) is 87.1 cm³/mol. The highest BCUT2D eigenvalue weighted by Gasteiger charge is 2.28. The van der Waals surface area contributed by atoms with Crippen molar-refractivity contribution in [1.29, 1.82) is 0 Å². The Hall–Kier alpha value is -2.89. The van der Waals surface area contributed by atoms with Crippen LogP contribution in [-0.4, -0.2) is 35.9 Å². The van der Waals surface area contributed by atoms with Crippen LogP contribution in [0.5, 0.6) is 0 Å². The second-order valence-electron chi connectivity index (χ2n) is 5.35. The lowest BCUT2D eigenvalue weighted by atomic mass is 9.95. The summed E-state index contributed by atoms with van der Waals surface area (Å²) in [6, 6.07) is 10.6. The number of aromatic nitrogens is 1. The fourth-order valence-corrected chi connectivity index (χ4v) is 2.57. The Morgan fingerprint density at radius 1 is 1.22 bits per heavy atom. The molecule has 0 spiro atoms. The van der Waals surface area contributed by atoms with Crippen LogP contribution in [0.3, 0.4) is 0 Å². The lowest BCUT2D eigenvalue weighted by Gasteiger charge is -2.24. The Kier molecular flexibility index (Phi) is 4.52. The molecule has 0 radical (unpaired) electrons. The lowest BCUT2D eigenvalue weighted by molar-refractivity contribution is -0.122. The third kappa shape index (κ3) is 3.66. The topological polar surface area (TPSA) is 83.1 Å². The second-order valence-corrected chi connectivity index (χ2v) is 5.35. The molecular weight excluding hydrogens is 292 g/mol. The van der Waals surface area contributed by atoms with Gasteiger partial charge in [-0.05, 0) is 23.8 Å². The summed E-state index contributed by atoms with van der Waals surface area (Å²) in [4.78, 5) is 28.2. The van der Waals surface area contributed by atoms with E-state index in [1.54, 1.807) is 18.5 Å². The lowest BCUT2D eigenvalue weighted by Crippen LogP contribution is -2.51. The number of hydrogen-bond donors (Lipinski definition) is 3. The summed E-state index contributed by atoms with van der Waals surface area (Å²) in [6.07, 6.45) is 3.94. The number of pyridine rings is 1. The zero-order valence-corrected chi connectivity index (χ0v) is 12.6. The first-order chi connectivity index (χ1) is 11.2. The number of carbonyl (C=O) groups excluding carboxylic acids is 2. The molecule has 3 N–H and O–H groups in total. The predicted octanol–water partition coefficient (Wildman–Crippen LogP) is 0.964. The largest absolute Gasteiger partial charge is 0.382 e. The summed E-state index contributed by atoms with van der Waals surface area (Å²) in [5, 5.41) is 8.75. The third-order valence-corrected chi connectivity index (χ3v) is 3.72. The van der Waals surface area contributed by atoms with Crippen molar-refractivity contribution in [2.45, 2.75) is 12.5 Å². The van der Waals surface area contributed by atoms with Gasteiger partial charge in [0.1, 0.15) is 6.04 Å². The number of carbonyl (C=O) groups is 2. The van der Waals surface area contributed by atoms with E-state index in [9.17, 15) is 9.59 Å². The molecule has 0 unspecified atom stereocenters. The van der Waals surface area contributed by atoms with Crippen LogP contribution in [0.4, 0.5) is 5.69 Å². The van der Waals surface area contributed by atoms with Gasteiger partial charge < -0.3 is 16.0 Å². The van der Waals surface area contributed by atoms with Gasteiger partial charge in [0.05, 0.1) is 5.69 Å². The molecule has 6 nitrogen and oxygen atoms in total. The van der Waals surface area contributed by atoms with Crippen LogP contribution in [0, 0.1) is 0 Å². The molecule has 1 atom stereocenters. The van der Waals surface area contributed by atoms with E-state index in [1.165, 1.54) is 0 Å².